The Balaban J connectivity index is 1.95. The van der Waals surface area contributed by atoms with Gasteiger partial charge < -0.3 is 15.4 Å². The van der Waals surface area contributed by atoms with Gasteiger partial charge >= 0.3 is 0 Å². The molecule has 0 aliphatic rings. The van der Waals surface area contributed by atoms with E-state index in [1.807, 2.05) is 24.3 Å². The molecular formula is C21H24N2O3. The van der Waals surface area contributed by atoms with Crippen molar-refractivity contribution in [3.05, 3.63) is 72.3 Å². The van der Waals surface area contributed by atoms with Gasteiger partial charge in [-0.05, 0) is 35.7 Å². The van der Waals surface area contributed by atoms with E-state index in [2.05, 4.69) is 31.1 Å². The summed E-state index contributed by atoms with van der Waals surface area (Å²) in [5.74, 6) is 0.463. The predicted molar refractivity (Wildman–Crippen MR) is 104 cm³/mol. The Morgan fingerprint density at radius 1 is 1.12 bits per heavy atom. The summed E-state index contributed by atoms with van der Waals surface area (Å²) < 4.78 is 5.51. The smallest absolute Gasteiger partial charge is 0.262 e. The molecule has 0 saturated heterocycles. The second-order valence-corrected chi connectivity index (χ2v) is 6.10. The Morgan fingerprint density at radius 2 is 1.81 bits per heavy atom. The Bertz CT molecular complexity index is 767. The molecule has 5 nitrogen and oxygen atoms in total. The number of amides is 2. The number of para-hydroxylation sites is 1. The van der Waals surface area contributed by atoms with Crippen LogP contribution < -0.4 is 15.4 Å². The summed E-state index contributed by atoms with van der Waals surface area (Å²) in [5, 5.41) is 5.41. The molecule has 2 aromatic carbocycles. The first-order valence-electron chi connectivity index (χ1n) is 8.52. The first kappa shape index (κ1) is 19.2. The van der Waals surface area contributed by atoms with Crippen LogP contribution in [0.2, 0.25) is 0 Å². The van der Waals surface area contributed by atoms with Crippen molar-refractivity contribution in [3.63, 3.8) is 0 Å². The molecule has 26 heavy (non-hydrogen) atoms. The number of anilines is 1. The van der Waals surface area contributed by atoms with Gasteiger partial charge in [-0.3, -0.25) is 9.59 Å². The van der Waals surface area contributed by atoms with Gasteiger partial charge in [0, 0.05) is 6.54 Å². The maximum Gasteiger partial charge on any atom is 0.262 e. The molecule has 0 aliphatic heterocycles. The molecule has 0 saturated carbocycles. The lowest BCUT2D eigenvalue weighted by Gasteiger charge is -2.12. The van der Waals surface area contributed by atoms with Crippen molar-refractivity contribution in [2.45, 2.75) is 19.8 Å². The second kappa shape index (κ2) is 9.42. The largest absolute Gasteiger partial charge is 0.484 e. The fourth-order valence-electron chi connectivity index (χ4n) is 2.33. The van der Waals surface area contributed by atoms with Crippen LogP contribution in [0.3, 0.4) is 0 Å². The third-order valence-corrected chi connectivity index (χ3v) is 3.77. The van der Waals surface area contributed by atoms with Gasteiger partial charge in [-0.15, -0.1) is 6.58 Å². The lowest BCUT2D eigenvalue weighted by atomic mass is 10.0. The second-order valence-electron chi connectivity index (χ2n) is 6.10. The first-order valence-corrected chi connectivity index (χ1v) is 8.52. The highest BCUT2D eigenvalue weighted by molar-refractivity contribution is 6.04. The maximum atomic E-state index is 12.2. The van der Waals surface area contributed by atoms with Crippen molar-refractivity contribution < 1.29 is 14.3 Å². The summed E-state index contributed by atoms with van der Waals surface area (Å²) in [6.07, 6.45) is 1.59. The average Bonchev–Trinajstić information content (AvgIpc) is 2.65. The minimum absolute atomic E-state index is 0.135. The van der Waals surface area contributed by atoms with Gasteiger partial charge in [0.15, 0.2) is 6.61 Å². The van der Waals surface area contributed by atoms with Crippen LogP contribution in [0.5, 0.6) is 5.75 Å². The van der Waals surface area contributed by atoms with E-state index in [9.17, 15) is 9.59 Å². The molecule has 0 heterocycles. The van der Waals surface area contributed by atoms with Crippen LogP contribution in [-0.2, 0) is 4.79 Å². The Labute approximate surface area is 154 Å². The molecule has 2 rings (SSSR count). The summed E-state index contributed by atoms with van der Waals surface area (Å²) in [5.41, 5.74) is 2.04. The van der Waals surface area contributed by atoms with E-state index in [-0.39, 0.29) is 18.4 Å². The van der Waals surface area contributed by atoms with Crippen molar-refractivity contribution in [3.8, 4) is 5.75 Å². The van der Waals surface area contributed by atoms with E-state index >= 15 is 0 Å². The summed E-state index contributed by atoms with van der Waals surface area (Å²) in [7, 11) is 0. The van der Waals surface area contributed by atoms with E-state index in [0.717, 1.165) is 0 Å². The number of hydrogen-bond acceptors (Lipinski definition) is 3. The molecule has 5 heteroatoms. The molecule has 0 bridgehead atoms. The molecule has 2 aromatic rings. The molecule has 0 spiro atoms. The van der Waals surface area contributed by atoms with Crippen LogP contribution in [0.25, 0.3) is 0 Å². The highest BCUT2D eigenvalue weighted by atomic mass is 16.5. The van der Waals surface area contributed by atoms with E-state index in [1.165, 1.54) is 5.56 Å². The molecule has 2 N–H and O–H groups in total. The van der Waals surface area contributed by atoms with E-state index in [1.54, 1.807) is 30.3 Å². The van der Waals surface area contributed by atoms with Crippen LogP contribution in [0, 0.1) is 0 Å². The maximum absolute atomic E-state index is 12.2. The average molecular weight is 352 g/mol. The molecule has 0 unspecified atom stereocenters. The zero-order valence-corrected chi connectivity index (χ0v) is 15.1. The summed E-state index contributed by atoms with van der Waals surface area (Å²) in [4.78, 5) is 24.3. The lowest BCUT2D eigenvalue weighted by molar-refractivity contribution is -0.118. The SMILES string of the molecule is C=CCNC(=O)c1ccccc1NC(=O)COc1ccc(C(C)C)cc1. The topological polar surface area (TPSA) is 67.4 Å². The van der Waals surface area contributed by atoms with Gasteiger partial charge in [0.25, 0.3) is 11.8 Å². The summed E-state index contributed by atoms with van der Waals surface area (Å²) >= 11 is 0. The van der Waals surface area contributed by atoms with Crippen molar-refractivity contribution >= 4 is 17.5 Å². The zero-order chi connectivity index (χ0) is 18.9. The number of hydrogen-bond donors (Lipinski definition) is 2. The monoisotopic (exact) mass is 352 g/mol. The van der Waals surface area contributed by atoms with Gasteiger partial charge in [0.05, 0.1) is 11.3 Å². The number of carbonyl (C=O) groups is 2. The van der Waals surface area contributed by atoms with Crippen LogP contribution in [0.1, 0.15) is 35.7 Å². The predicted octanol–water partition coefficient (Wildman–Crippen LogP) is 3.74. The van der Waals surface area contributed by atoms with Gasteiger partial charge in [-0.25, -0.2) is 0 Å². The molecular weight excluding hydrogens is 328 g/mol. The molecule has 0 aromatic heterocycles. The van der Waals surface area contributed by atoms with Crippen molar-refractivity contribution in [2.75, 3.05) is 18.5 Å². The number of ether oxygens (including phenoxy) is 1. The Morgan fingerprint density at radius 3 is 2.46 bits per heavy atom. The van der Waals surface area contributed by atoms with E-state index in [0.29, 0.717) is 29.5 Å². The van der Waals surface area contributed by atoms with Gasteiger partial charge in [-0.1, -0.05) is 44.2 Å². The van der Waals surface area contributed by atoms with E-state index in [4.69, 9.17) is 4.74 Å². The quantitative estimate of drug-likeness (QED) is 0.711. The third-order valence-electron chi connectivity index (χ3n) is 3.77. The van der Waals surface area contributed by atoms with Crippen LogP contribution in [0.4, 0.5) is 5.69 Å². The highest BCUT2D eigenvalue weighted by Crippen LogP contribution is 2.19. The minimum Gasteiger partial charge on any atom is -0.484 e. The normalized spacial score (nSPS) is 10.3. The molecule has 136 valence electrons. The van der Waals surface area contributed by atoms with Crippen molar-refractivity contribution in [2.24, 2.45) is 0 Å². The standard InChI is InChI=1S/C21H24N2O3/c1-4-13-22-21(25)18-7-5-6-8-19(18)23-20(24)14-26-17-11-9-16(10-12-17)15(2)3/h4-12,15H,1,13-14H2,2-3H3,(H,22,25)(H,23,24). The number of carbonyl (C=O) groups excluding carboxylic acids is 2. The van der Waals surface area contributed by atoms with Crippen molar-refractivity contribution in [1.82, 2.24) is 5.32 Å². The Hall–Kier alpha value is -3.08. The van der Waals surface area contributed by atoms with Gasteiger partial charge in [0.2, 0.25) is 0 Å². The molecule has 2 amide bonds. The van der Waals surface area contributed by atoms with Crippen LogP contribution >= 0.6 is 0 Å². The summed E-state index contributed by atoms with van der Waals surface area (Å²) in [6.45, 7) is 8.02. The van der Waals surface area contributed by atoms with Crippen LogP contribution in [0.15, 0.2) is 61.2 Å². The fourth-order valence-corrected chi connectivity index (χ4v) is 2.33. The van der Waals surface area contributed by atoms with Crippen molar-refractivity contribution in [1.29, 1.82) is 0 Å². The minimum atomic E-state index is -0.332. The van der Waals surface area contributed by atoms with Gasteiger partial charge in [0.1, 0.15) is 5.75 Å². The first-order chi connectivity index (χ1) is 12.5. The van der Waals surface area contributed by atoms with E-state index < -0.39 is 0 Å². The number of benzene rings is 2. The highest BCUT2D eigenvalue weighted by Gasteiger charge is 2.12. The molecule has 0 aliphatic carbocycles. The molecule has 0 radical (unpaired) electrons. The summed E-state index contributed by atoms with van der Waals surface area (Å²) in [6, 6.07) is 14.5. The Kier molecular flexibility index (Phi) is 6.97. The molecule has 0 atom stereocenters. The number of rotatable bonds is 8. The zero-order valence-electron chi connectivity index (χ0n) is 15.1. The molecule has 0 fully saturated rings. The lowest BCUT2D eigenvalue weighted by Crippen LogP contribution is -2.26. The van der Waals surface area contributed by atoms with Crippen LogP contribution in [-0.4, -0.2) is 25.0 Å². The van der Waals surface area contributed by atoms with Gasteiger partial charge in [-0.2, -0.15) is 0 Å². The fraction of sp³-hybridized carbons (Fsp3) is 0.238. The number of nitrogens with one attached hydrogen (secondary N) is 2. The third kappa shape index (κ3) is 5.48.